The van der Waals surface area contributed by atoms with Gasteiger partial charge in [0.1, 0.15) is 11.3 Å². The van der Waals surface area contributed by atoms with Crippen molar-refractivity contribution >= 4 is 33.1 Å². The van der Waals surface area contributed by atoms with Gasteiger partial charge in [-0.25, -0.2) is 9.07 Å². The van der Waals surface area contributed by atoms with Crippen molar-refractivity contribution in [3.05, 3.63) is 126 Å². The molecule has 162 valence electrons. The predicted molar refractivity (Wildman–Crippen MR) is 130 cm³/mol. The SMILES string of the molecule is O=S(C/C(=C(/c1ccc(F)cc1)n1nnc2ccccc21)c1ccccc1)c1ccccc1. The van der Waals surface area contributed by atoms with Crippen LogP contribution in [0.1, 0.15) is 11.1 Å². The van der Waals surface area contributed by atoms with Crippen LogP contribution in [0.5, 0.6) is 0 Å². The van der Waals surface area contributed by atoms with Gasteiger partial charge in [0.15, 0.2) is 0 Å². The highest BCUT2D eigenvalue weighted by Crippen LogP contribution is 2.31. The van der Waals surface area contributed by atoms with Gasteiger partial charge in [-0.05, 0) is 59.7 Å². The maximum atomic E-state index is 13.8. The van der Waals surface area contributed by atoms with Crippen LogP contribution in [0.25, 0.3) is 22.3 Å². The second-order valence-electron chi connectivity index (χ2n) is 7.49. The van der Waals surface area contributed by atoms with E-state index < -0.39 is 10.8 Å². The van der Waals surface area contributed by atoms with Gasteiger partial charge in [-0.1, -0.05) is 65.9 Å². The summed E-state index contributed by atoms with van der Waals surface area (Å²) in [5, 5.41) is 8.76. The molecule has 0 spiro atoms. The van der Waals surface area contributed by atoms with Crippen molar-refractivity contribution < 1.29 is 8.60 Å². The average Bonchev–Trinajstić information content (AvgIpc) is 3.29. The maximum Gasteiger partial charge on any atom is 0.123 e. The van der Waals surface area contributed by atoms with Gasteiger partial charge >= 0.3 is 0 Å². The molecule has 0 amide bonds. The van der Waals surface area contributed by atoms with Gasteiger partial charge in [-0.15, -0.1) is 5.10 Å². The number of rotatable bonds is 6. The summed E-state index contributed by atoms with van der Waals surface area (Å²) < 4.78 is 29.0. The van der Waals surface area contributed by atoms with Gasteiger partial charge in [0.05, 0.1) is 27.8 Å². The molecular formula is C27H20FN3OS. The van der Waals surface area contributed by atoms with Crippen LogP contribution < -0.4 is 0 Å². The van der Waals surface area contributed by atoms with Gasteiger partial charge in [-0.3, -0.25) is 4.21 Å². The highest BCUT2D eigenvalue weighted by molar-refractivity contribution is 7.85. The van der Waals surface area contributed by atoms with E-state index in [2.05, 4.69) is 10.3 Å². The first-order chi connectivity index (χ1) is 16.2. The zero-order valence-corrected chi connectivity index (χ0v) is 18.5. The molecule has 0 aliphatic heterocycles. The normalized spacial score (nSPS) is 13.0. The molecule has 5 aromatic rings. The molecule has 0 saturated carbocycles. The van der Waals surface area contributed by atoms with Crippen LogP contribution in [-0.2, 0) is 10.8 Å². The molecule has 0 bridgehead atoms. The summed E-state index contributed by atoms with van der Waals surface area (Å²) in [5.74, 6) is -0.0646. The molecule has 1 atom stereocenters. The fraction of sp³-hybridized carbons (Fsp3) is 0.0370. The number of nitrogens with zero attached hydrogens (tertiary/aromatic N) is 3. The number of hydrogen-bond acceptors (Lipinski definition) is 3. The second kappa shape index (κ2) is 9.30. The molecule has 0 aliphatic rings. The monoisotopic (exact) mass is 453 g/mol. The van der Waals surface area contributed by atoms with Crippen molar-refractivity contribution in [3.63, 3.8) is 0 Å². The fourth-order valence-electron chi connectivity index (χ4n) is 3.78. The molecule has 0 fully saturated rings. The molecule has 0 aliphatic carbocycles. The molecule has 1 heterocycles. The first-order valence-corrected chi connectivity index (χ1v) is 11.8. The van der Waals surface area contributed by atoms with Gasteiger partial charge in [-0.2, -0.15) is 0 Å². The van der Waals surface area contributed by atoms with Gasteiger partial charge in [0, 0.05) is 10.5 Å². The summed E-state index contributed by atoms with van der Waals surface area (Å²) in [6, 6.07) is 33.1. The van der Waals surface area contributed by atoms with Crippen molar-refractivity contribution in [2.75, 3.05) is 5.75 Å². The van der Waals surface area contributed by atoms with Crippen molar-refractivity contribution in [1.29, 1.82) is 0 Å². The number of fused-ring (bicyclic) bond motifs is 1. The minimum absolute atomic E-state index is 0.259. The Hall–Kier alpha value is -3.90. The van der Waals surface area contributed by atoms with Gasteiger partial charge in [0.2, 0.25) is 0 Å². The Morgan fingerprint density at radius 1 is 0.758 bits per heavy atom. The molecule has 5 rings (SSSR count). The molecule has 1 aromatic heterocycles. The molecular weight excluding hydrogens is 433 g/mol. The van der Waals surface area contributed by atoms with Crippen LogP contribution >= 0.6 is 0 Å². The Labute approximate surface area is 193 Å². The lowest BCUT2D eigenvalue weighted by atomic mass is 10.0. The van der Waals surface area contributed by atoms with Crippen LogP contribution in [-0.4, -0.2) is 25.0 Å². The molecule has 33 heavy (non-hydrogen) atoms. The summed E-state index contributed by atoms with van der Waals surface area (Å²) in [5.41, 5.74) is 4.79. The lowest BCUT2D eigenvalue weighted by Crippen LogP contribution is -2.10. The Balaban J connectivity index is 1.78. The van der Waals surface area contributed by atoms with E-state index in [1.807, 2.05) is 84.9 Å². The Bertz CT molecular complexity index is 1450. The number of aromatic nitrogens is 3. The molecule has 0 saturated heterocycles. The van der Waals surface area contributed by atoms with Gasteiger partial charge in [0.25, 0.3) is 0 Å². The minimum atomic E-state index is -1.30. The zero-order chi connectivity index (χ0) is 22.6. The van der Waals surface area contributed by atoms with Crippen molar-refractivity contribution in [2.24, 2.45) is 0 Å². The van der Waals surface area contributed by atoms with Crippen molar-refractivity contribution in [2.45, 2.75) is 4.90 Å². The second-order valence-corrected chi connectivity index (χ2v) is 8.94. The predicted octanol–water partition coefficient (Wildman–Crippen LogP) is 5.79. The summed E-state index contributed by atoms with van der Waals surface area (Å²) in [6.45, 7) is 0. The highest BCUT2D eigenvalue weighted by atomic mass is 32.2. The molecule has 4 nitrogen and oxygen atoms in total. The van der Waals surface area contributed by atoms with Crippen molar-refractivity contribution in [3.8, 4) is 0 Å². The number of halogens is 1. The number of benzene rings is 4. The van der Waals surface area contributed by atoms with E-state index in [-0.39, 0.29) is 11.6 Å². The standard InChI is InChI=1S/C27H20FN3OS/c28-22-17-15-21(16-18-22)27(31-26-14-8-7-13-25(26)29-30-31)24(20-9-3-1-4-10-20)19-33(32)23-11-5-2-6-12-23/h1-18H,19H2/b27-24+. The first kappa shape index (κ1) is 21.0. The summed E-state index contributed by atoms with van der Waals surface area (Å²) in [4.78, 5) is 0.743. The van der Waals surface area contributed by atoms with Crippen LogP contribution in [0.2, 0.25) is 0 Å². The van der Waals surface area contributed by atoms with Crippen LogP contribution in [0, 0.1) is 5.82 Å². The van der Waals surface area contributed by atoms with E-state index in [0.29, 0.717) is 0 Å². The summed E-state index contributed by atoms with van der Waals surface area (Å²) in [7, 11) is -1.30. The lowest BCUT2D eigenvalue weighted by Gasteiger charge is -2.17. The quantitative estimate of drug-likeness (QED) is 0.306. The molecule has 4 aromatic carbocycles. The average molecular weight is 454 g/mol. The van der Waals surface area contributed by atoms with E-state index in [4.69, 9.17) is 0 Å². The van der Waals surface area contributed by atoms with Gasteiger partial charge < -0.3 is 0 Å². The third kappa shape index (κ3) is 4.38. The third-order valence-electron chi connectivity index (χ3n) is 5.37. The molecule has 0 radical (unpaired) electrons. The van der Waals surface area contributed by atoms with E-state index in [0.717, 1.165) is 38.3 Å². The van der Waals surface area contributed by atoms with Crippen LogP contribution in [0.3, 0.4) is 0 Å². The summed E-state index contributed by atoms with van der Waals surface area (Å²) >= 11 is 0. The third-order valence-corrected chi connectivity index (χ3v) is 6.72. The first-order valence-electron chi connectivity index (χ1n) is 10.5. The smallest absolute Gasteiger partial charge is 0.123 e. The van der Waals surface area contributed by atoms with E-state index >= 15 is 0 Å². The number of para-hydroxylation sites is 1. The Morgan fingerprint density at radius 2 is 1.39 bits per heavy atom. The minimum Gasteiger partial charge on any atom is -0.254 e. The highest BCUT2D eigenvalue weighted by Gasteiger charge is 2.20. The Morgan fingerprint density at radius 3 is 2.12 bits per heavy atom. The van der Waals surface area contributed by atoms with E-state index in [9.17, 15) is 8.60 Å². The topological polar surface area (TPSA) is 47.8 Å². The largest absolute Gasteiger partial charge is 0.254 e. The number of hydrogen-bond donors (Lipinski definition) is 0. The van der Waals surface area contributed by atoms with E-state index in [1.54, 1.807) is 16.8 Å². The summed E-state index contributed by atoms with van der Waals surface area (Å²) in [6.07, 6.45) is 0. The lowest BCUT2D eigenvalue weighted by molar-refractivity contribution is 0.627. The molecule has 0 N–H and O–H groups in total. The Kier molecular flexibility index (Phi) is 5.91. The molecule has 6 heteroatoms. The van der Waals surface area contributed by atoms with E-state index in [1.165, 1.54) is 12.1 Å². The van der Waals surface area contributed by atoms with Crippen molar-refractivity contribution in [1.82, 2.24) is 15.0 Å². The maximum absolute atomic E-state index is 13.8. The van der Waals surface area contributed by atoms with Crippen LogP contribution in [0.4, 0.5) is 4.39 Å². The molecule has 1 unspecified atom stereocenters. The zero-order valence-electron chi connectivity index (χ0n) is 17.6. The fourth-order valence-corrected chi connectivity index (χ4v) is 4.97. The van der Waals surface area contributed by atoms with Crippen LogP contribution in [0.15, 0.2) is 114 Å².